The highest BCUT2D eigenvalue weighted by Gasteiger charge is 2.34. The second kappa shape index (κ2) is 10.7. The minimum absolute atomic E-state index is 0.0305. The van der Waals surface area contributed by atoms with Gasteiger partial charge < -0.3 is 25.6 Å². The van der Waals surface area contributed by atoms with E-state index in [-0.39, 0.29) is 36.1 Å². The fourth-order valence-electron chi connectivity index (χ4n) is 5.12. The van der Waals surface area contributed by atoms with Gasteiger partial charge in [0, 0.05) is 25.7 Å². The van der Waals surface area contributed by atoms with Crippen molar-refractivity contribution in [3.8, 4) is 0 Å². The molecule has 4 aliphatic heterocycles. The molecule has 1 atom stereocenters. The van der Waals surface area contributed by atoms with Crippen molar-refractivity contribution >= 4 is 23.4 Å². The van der Waals surface area contributed by atoms with Crippen LogP contribution in [0.25, 0.3) is 5.65 Å². The summed E-state index contributed by atoms with van der Waals surface area (Å²) in [5.74, 6) is -0.545. The zero-order valence-corrected chi connectivity index (χ0v) is 21.1. The number of hydrogen-bond acceptors (Lipinski definition) is 7. The molecule has 11 nitrogen and oxygen atoms in total. The van der Waals surface area contributed by atoms with E-state index in [1.165, 1.54) is 6.07 Å². The third kappa shape index (κ3) is 5.44. The number of ether oxygens (including phenoxy) is 1. The van der Waals surface area contributed by atoms with Gasteiger partial charge in [0.25, 0.3) is 17.7 Å². The summed E-state index contributed by atoms with van der Waals surface area (Å²) >= 11 is 0. The number of nitrogens with zero attached hydrogens (tertiary/aromatic N) is 4. The van der Waals surface area contributed by atoms with Crippen molar-refractivity contribution in [2.24, 2.45) is 11.8 Å². The van der Waals surface area contributed by atoms with Crippen LogP contribution in [-0.4, -0.2) is 76.6 Å². The lowest BCUT2D eigenvalue weighted by molar-refractivity contribution is -0.124. The van der Waals surface area contributed by atoms with Gasteiger partial charge in [0.2, 0.25) is 0 Å². The van der Waals surface area contributed by atoms with Gasteiger partial charge in [-0.15, -0.1) is 0 Å². The number of hydrogen-bond donors (Lipinski definition) is 3. The monoisotopic (exact) mass is 523 g/mol. The van der Waals surface area contributed by atoms with Crippen molar-refractivity contribution in [2.75, 3.05) is 39.3 Å². The van der Waals surface area contributed by atoms with E-state index in [1.54, 1.807) is 19.1 Å². The molecular formula is C26H30FN7O4. The second-order valence-electron chi connectivity index (χ2n) is 9.86. The van der Waals surface area contributed by atoms with E-state index < -0.39 is 17.6 Å². The van der Waals surface area contributed by atoms with Gasteiger partial charge >= 0.3 is 0 Å². The van der Waals surface area contributed by atoms with Gasteiger partial charge in [-0.1, -0.05) is 12.7 Å². The molecule has 3 fully saturated rings. The maximum Gasteiger partial charge on any atom is 0.270 e. The largest absolute Gasteiger partial charge is 0.482 e. The first-order chi connectivity index (χ1) is 18.3. The van der Waals surface area contributed by atoms with Crippen molar-refractivity contribution in [3.05, 3.63) is 65.2 Å². The fraction of sp³-hybridized carbons (Fsp3) is 0.423. The Bertz CT molecular complexity index is 1360. The molecule has 3 N–H and O–H groups in total. The number of fused-ring (bicyclic) bond motifs is 4. The maximum atomic E-state index is 14.4. The minimum atomic E-state index is -0.735. The number of amides is 3. The molecule has 4 aliphatic rings. The van der Waals surface area contributed by atoms with Gasteiger partial charge in [0.05, 0.1) is 11.9 Å². The summed E-state index contributed by atoms with van der Waals surface area (Å²) in [4.78, 5) is 43.8. The van der Waals surface area contributed by atoms with Crippen LogP contribution in [-0.2, 0) is 9.53 Å². The number of allylic oxidation sites excluding steroid dienone is 2. The standard InChI is InChI=1S/C26H30FN7O4/c1-15(3-4-22-16(2)31-23(35)14-38-22)10-28-25(36)20-9-21(34-24(32-20)19(27)12-30-34)26(37)29-11-18-13-33-7-5-17(18)6-8-33/h3-4,9,12,17-18H,1,5-8,10-11,13-14H2,2H3,(H,28,36)(H,29,37)(H,31,35)/b4-3-/t18-/m1/s1. The van der Waals surface area contributed by atoms with Crippen LogP contribution in [0, 0.1) is 17.7 Å². The normalized spacial score (nSPS) is 22.9. The molecule has 38 heavy (non-hydrogen) atoms. The Labute approximate surface area is 218 Å². The van der Waals surface area contributed by atoms with Crippen molar-refractivity contribution in [3.63, 3.8) is 0 Å². The molecule has 12 heteroatoms. The van der Waals surface area contributed by atoms with E-state index in [9.17, 15) is 18.8 Å². The van der Waals surface area contributed by atoms with Gasteiger partial charge in [0.1, 0.15) is 17.1 Å². The SMILES string of the molecule is C=C(/C=C\C1=C(C)NC(=O)CO1)CNC(=O)c1cc(C(=O)NC[C@@H]2CN3CCC2CC3)n2ncc(F)c2n1. The average Bonchev–Trinajstić information content (AvgIpc) is 3.30. The van der Waals surface area contributed by atoms with E-state index >= 15 is 0 Å². The van der Waals surface area contributed by atoms with Crippen molar-refractivity contribution in [1.82, 2.24) is 35.4 Å². The minimum Gasteiger partial charge on any atom is -0.482 e. The van der Waals surface area contributed by atoms with Gasteiger partial charge in [-0.05, 0) is 56.3 Å². The quantitative estimate of drug-likeness (QED) is 0.443. The average molecular weight is 524 g/mol. The lowest BCUT2D eigenvalue weighted by Gasteiger charge is -2.44. The number of aromatic nitrogens is 3. The van der Waals surface area contributed by atoms with Crippen LogP contribution in [0.1, 0.15) is 40.7 Å². The van der Waals surface area contributed by atoms with Crippen molar-refractivity contribution in [1.29, 1.82) is 0 Å². The summed E-state index contributed by atoms with van der Waals surface area (Å²) in [5, 5.41) is 12.2. The molecule has 0 aliphatic carbocycles. The van der Waals surface area contributed by atoms with Gasteiger partial charge in [0.15, 0.2) is 18.1 Å². The number of carbonyl (C=O) groups excluding carboxylic acids is 3. The van der Waals surface area contributed by atoms with E-state index in [0.717, 1.165) is 43.2 Å². The van der Waals surface area contributed by atoms with Crippen LogP contribution in [0.4, 0.5) is 4.39 Å². The summed E-state index contributed by atoms with van der Waals surface area (Å²) in [6.45, 7) is 9.29. The molecule has 6 heterocycles. The Balaban J connectivity index is 1.24. The number of rotatable bonds is 8. The summed E-state index contributed by atoms with van der Waals surface area (Å²) in [6, 6.07) is 1.31. The lowest BCUT2D eigenvalue weighted by atomic mass is 9.79. The lowest BCUT2D eigenvalue weighted by Crippen LogP contribution is -2.50. The highest BCUT2D eigenvalue weighted by Crippen LogP contribution is 2.31. The van der Waals surface area contributed by atoms with Crippen LogP contribution in [0.15, 0.2) is 48.0 Å². The van der Waals surface area contributed by atoms with E-state index in [2.05, 4.69) is 37.5 Å². The Morgan fingerprint density at radius 3 is 2.79 bits per heavy atom. The summed E-state index contributed by atoms with van der Waals surface area (Å²) in [7, 11) is 0. The Morgan fingerprint density at radius 1 is 1.29 bits per heavy atom. The molecule has 3 saturated heterocycles. The van der Waals surface area contributed by atoms with Crippen LogP contribution < -0.4 is 16.0 Å². The van der Waals surface area contributed by atoms with Crippen LogP contribution >= 0.6 is 0 Å². The molecule has 6 rings (SSSR count). The van der Waals surface area contributed by atoms with Crippen LogP contribution in [0.3, 0.4) is 0 Å². The first-order valence-corrected chi connectivity index (χ1v) is 12.6. The highest BCUT2D eigenvalue weighted by atomic mass is 19.1. The molecular weight excluding hydrogens is 493 g/mol. The highest BCUT2D eigenvalue weighted by molar-refractivity contribution is 5.98. The molecule has 200 valence electrons. The summed E-state index contributed by atoms with van der Waals surface area (Å²) in [5.41, 5.74) is 0.838. The predicted molar refractivity (Wildman–Crippen MR) is 135 cm³/mol. The Kier molecular flexibility index (Phi) is 7.23. The number of carbonyl (C=O) groups is 3. The van der Waals surface area contributed by atoms with Gasteiger partial charge in [-0.25, -0.2) is 13.9 Å². The first kappa shape index (κ1) is 25.6. The number of halogens is 1. The van der Waals surface area contributed by atoms with E-state index in [0.29, 0.717) is 35.4 Å². The Morgan fingerprint density at radius 2 is 2.08 bits per heavy atom. The third-order valence-corrected chi connectivity index (χ3v) is 7.21. The maximum absolute atomic E-state index is 14.4. The molecule has 0 saturated carbocycles. The molecule has 0 aromatic carbocycles. The first-order valence-electron chi connectivity index (χ1n) is 12.6. The van der Waals surface area contributed by atoms with E-state index in [4.69, 9.17) is 4.74 Å². The smallest absolute Gasteiger partial charge is 0.270 e. The van der Waals surface area contributed by atoms with Gasteiger partial charge in [-0.2, -0.15) is 5.10 Å². The zero-order valence-electron chi connectivity index (χ0n) is 21.1. The third-order valence-electron chi connectivity index (χ3n) is 7.21. The molecule has 0 spiro atoms. The van der Waals surface area contributed by atoms with Crippen molar-refractivity contribution in [2.45, 2.75) is 19.8 Å². The van der Waals surface area contributed by atoms with Crippen LogP contribution in [0.5, 0.6) is 0 Å². The molecule has 2 aromatic heterocycles. The number of piperidine rings is 3. The van der Waals surface area contributed by atoms with Crippen molar-refractivity contribution < 1.29 is 23.5 Å². The molecule has 0 radical (unpaired) electrons. The Hall–Kier alpha value is -4.06. The second-order valence-corrected chi connectivity index (χ2v) is 9.86. The van der Waals surface area contributed by atoms with Gasteiger partial charge in [-0.3, -0.25) is 14.4 Å². The predicted octanol–water partition coefficient (Wildman–Crippen LogP) is 1.16. The summed E-state index contributed by atoms with van der Waals surface area (Å²) < 4.78 is 20.8. The molecule has 2 aromatic rings. The molecule has 3 amide bonds. The van der Waals surface area contributed by atoms with E-state index in [1.807, 2.05) is 0 Å². The molecule has 2 bridgehead atoms. The number of nitrogens with one attached hydrogen (secondary N) is 3. The topological polar surface area (TPSA) is 130 Å². The zero-order chi connectivity index (χ0) is 26.8. The summed E-state index contributed by atoms with van der Waals surface area (Å²) in [6.07, 6.45) is 6.53. The molecule has 0 unspecified atom stereocenters. The van der Waals surface area contributed by atoms with Crippen LogP contribution in [0.2, 0.25) is 0 Å². The fourth-order valence-corrected chi connectivity index (χ4v) is 5.12.